The van der Waals surface area contributed by atoms with Crippen LogP contribution in [0.5, 0.6) is 11.5 Å². The number of fused-ring (bicyclic) bond motifs is 1. The van der Waals surface area contributed by atoms with E-state index in [0.29, 0.717) is 13.0 Å². The minimum Gasteiger partial charge on any atom is -0.496 e. The third kappa shape index (κ3) is 2.74. The van der Waals surface area contributed by atoms with Crippen molar-refractivity contribution in [3.63, 3.8) is 0 Å². The summed E-state index contributed by atoms with van der Waals surface area (Å²) < 4.78 is 11.0. The number of aliphatic hydroxyl groups is 1. The van der Waals surface area contributed by atoms with Crippen LogP contribution in [0.15, 0.2) is 42.5 Å². The predicted octanol–water partition coefficient (Wildman–Crippen LogP) is 3.08. The molecule has 0 aliphatic carbocycles. The molecule has 1 heterocycles. The number of ether oxygens (including phenoxy) is 2. The normalized spacial score (nSPS) is 18.0. The monoisotopic (exact) mass is 284 g/mol. The van der Waals surface area contributed by atoms with E-state index >= 15 is 0 Å². The van der Waals surface area contributed by atoms with Crippen molar-refractivity contribution in [2.45, 2.75) is 25.4 Å². The molecule has 0 saturated carbocycles. The van der Waals surface area contributed by atoms with Crippen LogP contribution in [0.3, 0.4) is 0 Å². The summed E-state index contributed by atoms with van der Waals surface area (Å²) in [6, 6.07) is 14.0. The molecule has 3 rings (SSSR count). The highest BCUT2D eigenvalue weighted by Gasteiger charge is 2.30. The van der Waals surface area contributed by atoms with Gasteiger partial charge in [0.15, 0.2) is 0 Å². The van der Waals surface area contributed by atoms with Crippen LogP contribution in [0.4, 0.5) is 0 Å². The molecule has 2 aromatic rings. The molecule has 110 valence electrons. The molecule has 0 bridgehead atoms. The molecule has 0 amide bonds. The van der Waals surface area contributed by atoms with Crippen LogP contribution in [0.2, 0.25) is 0 Å². The summed E-state index contributed by atoms with van der Waals surface area (Å²) in [4.78, 5) is 0. The van der Waals surface area contributed by atoms with E-state index in [1.54, 1.807) is 7.11 Å². The quantitative estimate of drug-likeness (QED) is 0.937. The summed E-state index contributed by atoms with van der Waals surface area (Å²) in [5.74, 6) is 1.73. The highest BCUT2D eigenvalue weighted by molar-refractivity contribution is 5.42. The Hall–Kier alpha value is -2.00. The van der Waals surface area contributed by atoms with Gasteiger partial charge in [0.1, 0.15) is 11.5 Å². The van der Waals surface area contributed by atoms with Crippen molar-refractivity contribution in [2.75, 3.05) is 13.7 Å². The molecular formula is C18H20O3. The fourth-order valence-corrected chi connectivity index (χ4v) is 2.94. The van der Waals surface area contributed by atoms with E-state index in [2.05, 4.69) is 6.07 Å². The highest BCUT2D eigenvalue weighted by Crippen LogP contribution is 2.37. The Morgan fingerprint density at radius 3 is 2.90 bits per heavy atom. The molecule has 1 aliphatic rings. The smallest absolute Gasteiger partial charge is 0.123 e. The van der Waals surface area contributed by atoms with E-state index in [4.69, 9.17) is 9.47 Å². The van der Waals surface area contributed by atoms with E-state index in [9.17, 15) is 5.11 Å². The van der Waals surface area contributed by atoms with Crippen molar-refractivity contribution in [1.29, 1.82) is 0 Å². The zero-order valence-electron chi connectivity index (χ0n) is 12.4. The van der Waals surface area contributed by atoms with Crippen molar-refractivity contribution >= 4 is 0 Å². The van der Waals surface area contributed by atoms with Gasteiger partial charge >= 0.3 is 0 Å². The molecular weight excluding hydrogens is 264 g/mol. The second kappa shape index (κ2) is 5.78. The van der Waals surface area contributed by atoms with E-state index < -0.39 is 6.10 Å². The molecule has 1 aliphatic heterocycles. The molecule has 2 aromatic carbocycles. The van der Waals surface area contributed by atoms with Gasteiger partial charge in [0.2, 0.25) is 0 Å². The van der Waals surface area contributed by atoms with Crippen molar-refractivity contribution < 1.29 is 14.6 Å². The second-order valence-electron chi connectivity index (χ2n) is 5.54. The fourth-order valence-electron chi connectivity index (χ4n) is 2.94. The summed E-state index contributed by atoms with van der Waals surface area (Å²) in [7, 11) is 1.66. The average molecular weight is 284 g/mol. The third-order valence-electron chi connectivity index (χ3n) is 4.07. The van der Waals surface area contributed by atoms with Gasteiger partial charge in [-0.2, -0.15) is 0 Å². The number of para-hydroxylation sites is 1. The van der Waals surface area contributed by atoms with Gasteiger partial charge in [0.25, 0.3) is 0 Å². The summed E-state index contributed by atoms with van der Waals surface area (Å²) in [6.45, 7) is 2.58. The number of methoxy groups -OCH3 is 1. The Morgan fingerprint density at radius 2 is 2.10 bits per heavy atom. The van der Waals surface area contributed by atoms with Crippen LogP contribution in [0, 0.1) is 6.92 Å². The maximum Gasteiger partial charge on any atom is 0.123 e. The van der Waals surface area contributed by atoms with Crippen molar-refractivity contribution in [3.8, 4) is 11.5 Å². The Morgan fingerprint density at radius 1 is 1.29 bits per heavy atom. The van der Waals surface area contributed by atoms with Gasteiger partial charge in [-0.3, -0.25) is 0 Å². The highest BCUT2D eigenvalue weighted by atomic mass is 16.5. The summed E-state index contributed by atoms with van der Waals surface area (Å²) in [5.41, 5.74) is 3.30. The van der Waals surface area contributed by atoms with Crippen molar-refractivity contribution in [2.24, 2.45) is 0 Å². The molecule has 2 unspecified atom stereocenters. The van der Waals surface area contributed by atoms with Crippen LogP contribution in [0.1, 0.15) is 22.6 Å². The van der Waals surface area contributed by atoms with Crippen LogP contribution in [0.25, 0.3) is 0 Å². The summed E-state index contributed by atoms with van der Waals surface area (Å²) in [5, 5.41) is 10.6. The van der Waals surface area contributed by atoms with Crippen LogP contribution < -0.4 is 9.47 Å². The minimum atomic E-state index is -0.482. The van der Waals surface area contributed by atoms with E-state index in [1.165, 1.54) is 5.56 Å². The zero-order chi connectivity index (χ0) is 14.8. The molecule has 3 nitrogen and oxygen atoms in total. The van der Waals surface area contributed by atoms with Crippen LogP contribution in [-0.2, 0) is 6.42 Å². The van der Waals surface area contributed by atoms with E-state index in [-0.39, 0.29) is 5.92 Å². The first kappa shape index (κ1) is 14.0. The molecule has 0 spiro atoms. The fraction of sp³-hybridized carbons (Fsp3) is 0.333. The first-order valence-corrected chi connectivity index (χ1v) is 7.22. The van der Waals surface area contributed by atoms with Gasteiger partial charge in [-0.15, -0.1) is 0 Å². The molecule has 0 radical (unpaired) electrons. The molecule has 21 heavy (non-hydrogen) atoms. The van der Waals surface area contributed by atoms with Gasteiger partial charge in [0.05, 0.1) is 19.8 Å². The van der Waals surface area contributed by atoms with Gasteiger partial charge < -0.3 is 14.6 Å². The maximum atomic E-state index is 10.6. The van der Waals surface area contributed by atoms with Gasteiger partial charge in [-0.25, -0.2) is 0 Å². The third-order valence-corrected chi connectivity index (χ3v) is 4.07. The van der Waals surface area contributed by atoms with Gasteiger partial charge in [-0.05, 0) is 24.6 Å². The molecule has 1 N–H and O–H groups in total. The number of aliphatic hydroxyl groups excluding tert-OH is 1. The van der Waals surface area contributed by atoms with Crippen LogP contribution >= 0.6 is 0 Å². The Labute approximate surface area is 125 Å². The lowest BCUT2D eigenvalue weighted by Gasteiger charge is -2.19. The maximum absolute atomic E-state index is 10.6. The average Bonchev–Trinajstić information content (AvgIpc) is 2.91. The topological polar surface area (TPSA) is 38.7 Å². The molecule has 3 heteroatoms. The standard InChI is InChI=1S/C18H20O3/c1-12-7-8-17(20-2)13(9-12)10-16(19)15-11-21-18-6-4-3-5-14(15)18/h3-9,15-16,19H,10-11H2,1-2H3. The first-order chi connectivity index (χ1) is 10.2. The van der Waals surface area contributed by atoms with E-state index in [0.717, 1.165) is 22.6 Å². The summed E-state index contributed by atoms with van der Waals surface area (Å²) >= 11 is 0. The van der Waals surface area contributed by atoms with Crippen molar-refractivity contribution in [1.82, 2.24) is 0 Å². The Bertz CT molecular complexity index is 636. The molecule has 0 saturated heterocycles. The van der Waals surface area contributed by atoms with E-state index in [1.807, 2.05) is 43.3 Å². The molecule has 2 atom stereocenters. The van der Waals surface area contributed by atoms with Crippen LogP contribution in [-0.4, -0.2) is 24.9 Å². The SMILES string of the molecule is COc1ccc(C)cc1CC(O)C1COc2ccccc21. The number of rotatable bonds is 4. The largest absolute Gasteiger partial charge is 0.496 e. The van der Waals surface area contributed by atoms with Gasteiger partial charge in [0, 0.05) is 17.9 Å². The zero-order valence-corrected chi connectivity index (χ0v) is 12.4. The summed E-state index contributed by atoms with van der Waals surface area (Å²) in [6.07, 6.45) is 0.0806. The minimum absolute atomic E-state index is 0.0198. The molecule has 0 aromatic heterocycles. The Balaban J connectivity index is 1.82. The number of aryl methyl sites for hydroxylation is 1. The lowest BCUT2D eigenvalue weighted by molar-refractivity contribution is 0.128. The van der Waals surface area contributed by atoms with Crippen molar-refractivity contribution in [3.05, 3.63) is 59.2 Å². The van der Waals surface area contributed by atoms with Gasteiger partial charge in [-0.1, -0.05) is 35.9 Å². The molecule has 0 fully saturated rings. The second-order valence-corrected chi connectivity index (χ2v) is 5.54. The predicted molar refractivity (Wildman–Crippen MR) is 82.1 cm³/mol. The lowest BCUT2D eigenvalue weighted by Crippen LogP contribution is -2.22. The number of hydrogen-bond acceptors (Lipinski definition) is 3. The Kier molecular flexibility index (Phi) is 3.84. The first-order valence-electron chi connectivity index (χ1n) is 7.22. The number of benzene rings is 2. The lowest BCUT2D eigenvalue weighted by atomic mass is 9.90. The number of hydrogen-bond donors (Lipinski definition) is 1.